The van der Waals surface area contributed by atoms with E-state index in [9.17, 15) is 9.59 Å². The van der Waals surface area contributed by atoms with Gasteiger partial charge in [-0.2, -0.15) is 0 Å². The van der Waals surface area contributed by atoms with Gasteiger partial charge in [0, 0.05) is 24.5 Å². The van der Waals surface area contributed by atoms with Gasteiger partial charge in [0.25, 0.3) is 0 Å². The van der Waals surface area contributed by atoms with Crippen LogP contribution in [0.3, 0.4) is 0 Å². The second kappa shape index (κ2) is 12.2. The molecule has 2 aromatic carbocycles. The van der Waals surface area contributed by atoms with Gasteiger partial charge in [-0.3, -0.25) is 9.59 Å². The minimum absolute atomic E-state index is 0.117. The van der Waals surface area contributed by atoms with Gasteiger partial charge in [-0.1, -0.05) is 42.8 Å². The highest BCUT2D eigenvalue weighted by Gasteiger charge is 2.26. The van der Waals surface area contributed by atoms with Crippen molar-refractivity contribution in [1.82, 2.24) is 10.2 Å². The third-order valence-corrected chi connectivity index (χ3v) is 5.46. The molecule has 2 aromatic rings. The van der Waals surface area contributed by atoms with Crippen molar-refractivity contribution in [3.63, 3.8) is 0 Å². The number of nitrogens with zero attached hydrogens (tertiary/aromatic N) is 1. The number of benzene rings is 2. The maximum absolute atomic E-state index is 13.2. The highest BCUT2D eigenvalue weighted by Crippen LogP contribution is 2.28. The Morgan fingerprint density at radius 3 is 2.45 bits per heavy atom. The topological polar surface area (TPSA) is 67.9 Å². The fourth-order valence-electron chi connectivity index (χ4n) is 3.22. The van der Waals surface area contributed by atoms with Crippen molar-refractivity contribution < 1.29 is 19.1 Å². The van der Waals surface area contributed by atoms with E-state index in [1.165, 1.54) is 0 Å². The summed E-state index contributed by atoms with van der Waals surface area (Å²) >= 11 is 6.31. The maximum Gasteiger partial charge on any atom is 0.242 e. The highest BCUT2D eigenvalue weighted by atomic mass is 35.5. The minimum atomic E-state index is -0.610. The van der Waals surface area contributed by atoms with Crippen LogP contribution in [-0.4, -0.2) is 43.5 Å². The quantitative estimate of drug-likeness (QED) is 0.560. The van der Waals surface area contributed by atoms with E-state index in [1.54, 1.807) is 32.1 Å². The van der Waals surface area contributed by atoms with Crippen LogP contribution in [0.4, 0.5) is 0 Å². The van der Waals surface area contributed by atoms with Gasteiger partial charge in [0.15, 0.2) is 11.5 Å². The lowest BCUT2D eigenvalue weighted by Gasteiger charge is -2.29. The molecular formula is C24H31ClN2O4. The van der Waals surface area contributed by atoms with E-state index in [0.29, 0.717) is 29.5 Å². The second-order valence-corrected chi connectivity index (χ2v) is 7.68. The van der Waals surface area contributed by atoms with E-state index >= 15 is 0 Å². The first-order valence-corrected chi connectivity index (χ1v) is 10.8. The summed E-state index contributed by atoms with van der Waals surface area (Å²) in [6, 6.07) is 12.3. The van der Waals surface area contributed by atoms with Crippen molar-refractivity contribution in [3.8, 4) is 11.5 Å². The van der Waals surface area contributed by atoms with Crippen LogP contribution in [0, 0.1) is 0 Å². The SMILES string of the molecule is CCCNC(=O)C(C)N(Cc1ccccc1Cl)C(=O)CCc1ccc(OC)c(OC)c1. The minimum Gasteiger partial charge on any atom is -0.493 e. The zero-order valence-electron chi connectivity index (χ0n) is 18.6. The Labute approximate surface area is 189 Å². The van der Waals surface area contributed by atoms with Crippen molar-refractivity contribution in [1.29, 1.82) is 0 Å². The zero-order chi connectivity index (χ0) is 22.8. The predicted molar refractivity (Wildman–Crippen MR) is 123 cm³/mol. The van der Waals surface area contributed by atoms with Gasteiger partial charge in [-0.25, -0.2) is 0 Å². The summed E-state index contributed by atoms with van der Waals surface area (Å²) in [7, 11) is 3.16. The fourth-order valence-corrected chi connectivity index (χ4v) is 3.42. The van der Waals surface area contributed by atoms with E-state index in [1.807, 2.05) is 43.3 Å². The Morgan fingerprint density at radius 1 is 1.10 bits per heavy atom. The van der Waals surface area contributed by atoms with Crippen molar-refractivity contribution in [2.24, 2.45) is 0 Å². The van der Waals surface area contributed by atoms with Crippen LogP contribution in [0.25, 0.3) is 0 Å². The summed E-state index contributed by atoms with van der Waals surface area (Å²) in [5.41, 5.74) is 1.76. The number of halogens is 1. The van der Waals surface area contributed by atoms with Crippen LogP contribution in [0.1, 0.15) is 37.8 Å². The van der Waals surface area contributed by atoms with E-state index in [-0.39, 0.29) is 24.8 Å². The fraction of sp³-hybridized carbons (Fsp3) is 0.417. The van der Waals surface area contributed by atoms with Crippen LogP contribution >= 0.6 is 11.6 Å². The van der Waals surface area contributed by atoms with Crippen molar-refractivity contribution in [3.05, 3.63) is 58.6 Å². The van der Waals surface area contributed by atoms with E-state index < -0.39 is 6.04 Å². The number of methoxy groups -OCH3 is 2. The van der Waals surface area contributed by atoms with Crippen LogP contribution < -0.4 is 14.8 Å². The molecule has 0 aromatic heterocycles. The Kier molecular flexibility index (Phi) is 9.66. The van der Waals surface area contributed by atoms with E-state index in [2.05, 4.69) is 5.32 Å². The molecule has 0 bridgehead atoms. The third-order valence-electron chi connectivity index (χ3n) is 5.09. The molecule has 0 saturated carbocycles. The van der Waals surface area contributed by atoms with Gasteiger partial charge in [0.1, 0.15) is 6.04 Å². The average molecular weight is 447 g/mol. The number of carbonyl (C=O) groups excluding carboxylic acids is 2. The van der Waals surface area contributed by atoms with E-state index in [0.717, 1.165) is 17.5 Å². The van der Waals surface area contributed by atoms with Gasteiger partial charge < -0.3 is 19.7 Å². The molecule has 0 aliphatic heterocycles. The van der Waals surface area contributed by atoms with Gasteiger partial charge in [0.2, 0.25) is 11.8 Å². The molecule has 7 heteroatoms. The first-order valence-electron chi connectivity index (χ1n) is 10.4. The molecule has 1 N–H and O–H groups in total. The Bertz CT molecular complexity index is 888. The molecule has 168 valence electrons. The first kappa shape index (κ1) is 24.5. The number of carbonyl (C=O) groups is 2. The lowest BCUT2D eigenvalue weighted by atomic mass is 10.1. The third kappa shape index (κ3) is 6.89. The Balaban J connectivity index is 2.17. The lowest BCUT2D eigenvalue weighted by molar-refractivity contribution is -0.140. The van der Waals surface area contributed by atoms with Gasteiger partial charge in [-0.15, -0.1) is 0 Å². The molecule has 0 heterocycles. The molecule has 0 saturated heterocycles. The predicted octanol–water partition coefficient (Wildman–Crippen LogP) is 4.23. The Hall–Kier alpha value is -2.73. The Morgan fingerprint density at radius 2 is 1.81 bits per heavy atom. The highest BCUT2D eigenvalue weighted by molar-refractivity contribution is 6.31. The molecule has 31 heavy (non-hydrogen) atoms. The summed E-state index contributed by atoms with van der Waals surface area (Å²) in [4.78, 5) is 27.3. The van der Waals surface area contributed by atoms with Gasteiger partial charge >= 0.3 is 0 Å². The van der Waals surface area contributed by atoms with E-state index in [4.69, 9.17) is 21.1 Å². The van der Waals surface area contributed by atoms with Crippen LogP contribution in [0.5, 0.6) is 11.5 Å². The molecule has 2 rings (SSSR count). The number of amides is 2. The largest absolute Gasteiger partial charge is 0.493 e. The lowest BCUT2D eigenvalue weighted by Crippen LogP contribution is -2.47. The number of hydrogen-bond donors (Lipinski definition) is 1. The summed E-state index contributed by atoms with van der Waals surface area (Å²) < 4.78 is 10.6. The molecule has 0 radical (unpaired) electrons. The standard InChI is InChI=1S/C24H31ClN2O4/c1-5-14-26-24(29)17(2)27(16-19-8-6-7-9-20(19)25)23(28)13-11-18-10-12-21(30-3)22(15-18)31-4/h6-10,12,15,17H,5,11,13-14,16H2,1-4H3,(H,26,29). The number of aryl methyl sites for hydroxylation is 1. The van der Waals surface area contributed by atoms with Gasteiger partial charge in [0.05, 0.1) is 14.2 Å². The summed E-state index contributed by atoms with van der Waals surface area (Å²) in [5, 5.41) is 3.44. The van der Waals surface area contributed by atoms with Crippen molar-refractivity contribution in [2.75, 3.05) is 20.8 Å². The average Bonchev–Trinajstić information content (AvgIpc) is 2.79. The molecule has 6 nitrogen and oxygen atoms in total. The molecule has 2 amide bonds. The van der Waals surface area contributed by atoms with Crippen LogP contribution in [0.15, 0.2) is 42.5 Å². The molecule has 1 atom stereocenters. The molecule has 0 aliphatic rings. The normalized spacial score (nSPS) is 11.5. The molecule has 1 unspecified atom stereocenters. The summed E-state index contributed by atoms with van der Waals surface area (Å²) in [6.45, 7) is 4.57. The second-order valence-electron chi connectivity index (χ2n) is 7.27. The molecular weight excluding hydrogens is 416 g/mol. The van der Waals surface area contributed by atoms with Crippen molar-refractivity contribution >= 4 is 23.4 Å². The van der Waals surface area contributed by atoms with Crippen LogP contribution in [0.2, 0.25) is 5.02 Å². The van der Waals surface area contributed by atoms with Crippen LogP contribution in [-0.2, 0) is 22.6 Å². The first-order chi connectivity index (χ1) is 14.9. The van der Waals surface area contributed by atoms with Crippen molar-refractivity contribution in [2.45, 2.75) is 45.7 Å². The molecule has 0 fully saturated rings. The number of rotatable bonds is 11. The zero-order valence-corrected chi connectivity index (χ0v) is 19.4. The van der Waals surface area contributed by atoms with Gasteiger partial charge in [-0.05, 0) is 49.1 Å². The number of hydrogen-bond acceptors (Lipinski definition) is 4. The number of nitrogens with one attached hydrogen (secondary N) is 1. The summed E-state index contributed by atoms with van der Waals surface area (Å²) in [6.07, 6.45) is 1.60. The maximum atomic E-state index is 13.2. The molecule has 0 spiro atoms. The summed E-state index contributed by atoms with van der Waals surface area (Å²) in [5.74, 6) is 0.967. The number of ether oxygens (including phenoxy) is 2. The molecule has 0 aliphatic carbocycles. The monoisotopic (exact) mass is 446 g/mol. The smallest absolute Gasteiger partial charge is 0.242 e.